The molecule has 0 aromatic carbocycles. The summed E-state index contributed by atoms with van der Waals surface area (Å²) in [5, 5.41) is 6.17. The molecule has 0 saturated carbocycles. The molecular weight excluding hydrogens is 332 g/mol. The Balaban J connectivity index is 1.50. The van der Waals surface area contributed by atoms with Gasteiger partial charge in [0.05, 0.1) is 15.4 Å². The van der Waals surface area contributed by atoms with Crippen molar-refractivity contribution < 1.29 is 0 Å². The Morgan fingerprint density at radius 3 is 2.52 bits per heavy atom. The van der Waals surface area contributed by atoms with Gasteiger partial charge in [0.25, 0.3) is 0 Å². The molecule has 0 N–H and O–H groups in total. The lowest BCUT2D eigenvalue weighted by Crippen LogP contribution is -2.46. The van der Waals surface area contributed by atoms with Crippen molar-refractivity contribution in [2.24, 2.45) is 7.05 Å². The molecule has 0 radical (unpaired) electrons. The van der Waals surface area contributed by atoms with Gasteiger partial charge in [-0.1, -0.05) is 22.9 Å². The zero-order chi connectivity index (χ0) is 16.0. The Morgan fingerprint density at radius 2 is 1.87 bits per heavy atom. The first-order chi connectivity index (χ1) is 11.1. The van der Waals surface area contributed by atoms with Crippen molar-refractivity contribution >= 4 is 44.2 Å². The predicted octanol–water partition coefficient (Wildman–Crippen LogP) is 2.71. The summed E-state index contributed by atoms with van der Waals surface area (Å²) in [7, 11) is 1.95. The Hall–Kier alpha value is -1.86. The zero-order valence-electron chi connectivity index (χ0n) is 13.0. The van der Waals surface area contributed by atoms with Crippen molar-refractivity contribution in [3.8, 4) is 0 Å². The number of halogens is 1. The van der Waals surface area contributed by atoms with Gasteiger partial charge < -0.3 is 9.80 Å². The standard InChI is InChI=1S/C15H17ClN6S/c1-10-13-14(20(2)19-10)18-15(23-13)22-7-5-21(6-8-22)12-4-3-11(16)9-17-12/h3-4,9H,5-8H2,1-2H3. The Bertz CT molecular complexity index is 797. The Kier molecular flexibility index (Phi) is 3.61. The quantitative estimate of drug-likeness (QED) is 0.712. The molecular formula is C15H17ClN6S. The fraction of sp³-hybridized carbons (Fsp3) is 0.400. The van der Waals surface area contributed by atoms with Gasteiger partial charge in [-0.25, -0.2) is 14.6 Å². The van der Waals surface area contributed by atoms with E-state index in [0.29, 0.717) is 5.02 Å². The Morgan fingerprint density at radius 1 is 1.13 bits per heavy atom. The number of aromatic nitrogens is 4. The first-order valence-corrected chi connectivity index (χ1v) is 8.73. The summed E-state index contributed by atoms with van der Waals surface area (Å²) in [5.41, 5.74) is 2.03. The van der Waals surface area contributed by atoms with E-state index in [1.54, 1.807) is 17.5 Å². The molecule has 0 spiro atoms. The molecule has 0 atom stereocenters. The fourth-order valence-corrected chi connectivity index (χ4v) is 4.09. The van der Waals surface area contributed by atoms with E-state index in [4.69, 9.17) is 16.6 Å². The van der Waals surface area contributed by atoms with Gasteiger partial charge in [0.2, 0.25) is 0 Å². The van der Waals surface area contributed by atoms with Crippen LogP contribution in [-0.4, -0.2) is 45.9 Å². The lowest BCUT2D eigenvalue weighted by atomic mass is 10.3. The van der Waals surface area contributed by atoms with Gasteiger partial charge in [-0.05, 0) is 19.1 Å². The lowest BCUT2D eigenvalue weighted by molar-refractivity contribution is 0.646. The van der Waals surface area contributed by atoms with E-state index in [9.17, 15) is 0 Å². The monoisotopic (exact) mass is 348 g/mol. The minimum atomic E-state index is 0.672. The van der Waals surface area contributed by atoms with Crippen LogP contribution in [-0.2, 0) is 7.05 Å². The van der Waals surface area contributed by atoms with Crippen LogP contribution in [0.2, 0.25) is 5.02 Å². The molecule has 1 fully saturated rings. The number of nitrogens with zero attached hydrogens (tertiary/aromatic N) is 6. The Labute approximate surface area is 143 Å². The summed E-state index contributed by atoms with van der Waals surface area (Å²) < 4.78 is 3.04. The van der Waals surface area contributed by atoms with Crippen LogP contribution >= 0.6 is 22.9 Å². The van der Waals surface area contributed by atoms with Crippen molar-refractivity contribution in [2.75, 3.05) is 36.0 Å². The molecule has 0 bridgehead atoms. The number of rotatable bonds is 2. The van der Waals surface area contributed by atoms with Gasteiger partial charge in [-0.2, -0.15) is 5.10 Å². The number of aryl methyl sites for hydroxylation is 2. The average Bonchev–Trinajstić information content (AvgIpc) is 3.11. The molecule has 1 aliphatic rings. The normalized spacial score (nSPS) is 15.6. The van der Waals surface area contributed by atoms with Crippen LogP contribution in [0.3, 0.4) is 0 Å². The third kappa shape index (κ3) is 2.64. The third-order valence-electron chi connectivity index (χ3n) is 4.12. The second-order valence-corrected chi connectivity index (χ2v) is 7.08. The molecule has 23 heavy (non-hydrogen) atoms. The predicted molar refractivity (Wildman–Crippen MR) is 94.8 cm³/mol. The van der Waals surface area contributed by atoms with Crippen molar-refractivity contribution in [1.29, 1.82) is 0 Å². The van der Waals surface area contributed by atoms with Crippen molar-refractivity contribution in [1.82, 2.24) is 19.7 Å². The lowest BCUT2D eigenvalue weighted by Gasteiger charge is -2.35. The van der Waals surface area contributed by atoms with E-state index < -0.39 is 0 Å². The SMILES string of the molecule is Cc1nn(C)c2nc(N3CCN(c4ccc(Cl)cn4)CC3)sc12. The van der Waals surface area contributed by atoms with Gasteiger partial charge in [-0.15, -0.1) is 0 Å². The highest BCUT2D eigenvalue weighted by Gasteiger charge is 2.22. The molecule has 1 aliphatic heterocycles. The molecule has 0 aliphatic carbocycles. The summed E-state index contributed by atoms with van der Waals surface area (Å²) in [4.78, 5) is 13.8. The topological polar surface area (TPSA) is 50.1 Å². The maximum Gasteiger partial charge on any atom is 0.188 e. The summed E-state index contributed by atoms with van der Waals surface area (Å²) >= 11 is 7.63. The van der Waals surface area contributed by atoms with E-state index in [0.717, 1.165) is 48.5 Å². The van der Waals surface area contributed by atoms with Crippen LogP contribution in [0.15, 0.2) is 18.3 Å². The largest absolute Gasteiger partial charge is 0.353 e. The van der Waals surface area contributed by atoms with Crippen LogP contribution < -0.4 is 9.80 Å². The third-order valence-corrected chi connectivity index (χ3v) is 5.56. The fourth-order valence-electron chi connectivity index (χ4n) is 2.89. The molecule has 3 aromatic heterocycles. The van der Waals surface area contributed by atoms with Crippen LogP contribution in [0.1, 0.15) is 5.69 Å². The van der Waals surface area contributed by atoms with Crippen LogP contribution in [0.4, 0.5) is 10.9 Å². The van der Waals surface area contributed by atoms with Gasteiger partial charge in [0, 0.05) is 39.4 Å². The molecule has 120 valence electrons. The van der Waals surface area contributed by atoms with Gasteiger partial charge in [-0.3, -0.25) is 0 Å². The first-order valence-electron chi connectivity index (χ1n) is 7.53. The highest BCUT2D eigenvalue weighted by atomic mass is 35.5. The number of anilines is 2. The molecule has 6 nitrogen and oxygen atoms in total. The number of thiazole rings is 1. The first kappa shape index (κ1) is 14.7. The second kappa shape index (κ2) is 5.65. The average molecular weight is 349 g/mol. The maximum absolute atomic E-state index is 5.90. The molecule has 0 amide bonds. The minimum Gasteiger partial charge on any atom is -0.353 e. The molecule has 0 unspecified atom stereocenters. The molecule has 4 heterocycles. The van der Waals surface area contributed by atoms with Crippen LogP contribution in [0, 0.1) is 6.92 Å². The molecule has 3 aromatic rings. The van der Waals surface area contributed by atoms with Gasteiger partial charge in [0.15, 0.2) is 10.8 Å². The number of pyridine rings is 1. The van der Waals surface area contributed by atoms with Crippen LogP contribution in [0.5, 0.6) is 0 Å². The van der Waals surface area contributed by atoms with Gasteiger partial charge in [0.1, 0.15) is 5.82 Å². The smallest absolute Gasteiger partial charge is 0.188 e. The number of hydrogen-bond donors (Lipinski definition) is 0. The highest BCUT2D eigenvalue weighted by molar-refractivity contribution is 7.22. The van der Waals surface area contributed by atoms with Crippen molar-refractivity contribution in [3.05, 3.63) is 29.0 Å². The summed E-state index contributed by atoms with van der Waals surface area (Å²) in [6.07, 6.45) is 1.70. The van der Waals surface area contributed by atoms with Crippen molar-refractivity contribution in [3.63, 3.8) is 0 Å². The summed E-state index contributed by atoms with van der Waals surface area (Å²) in [6.45, 7) is 5.78. The van der Waals surface area contributed by atoms with E-state index in [-0.39, 0.29) is 0 Å². The minimum absolute atomic E-state index is 0.672. The summed E-state index contributed by atoms with van der Waals surface area (Å²) in [6, 6.07) is 3.87. The van der Waals surface area contributed by atoms with E-state index >= 15 is 0 Å². The molecule has 1 saturated heterocycles. The van der Waals surface area contributed by atoms with E-state index in [1.165, 1.54) is 4.70 Å². The van der Waals surface area contributed by atoms with E-state index in [2.05, 4.69) is 19.9 Å². The van der Waals surface area contributed by atoms with E-state index in [1.807, 2.05) is 30.8 Å². The van der Waals surface area contributed by atoms with Gasteiger partial charge >= 0.3 is 0 Å². The molecule has 8 heteroatoms. The van der Waals surface area contributed by atoms with Crippen molar-refractivity contribution in [2.45, 2.75) is 6.92 Å². The number of hydrogen-bond acceptors (Lipinski definition) is 6. The number of fused-ring (bicyclic) bond motifs is 1. The highest BCUT2D eigenvalue weighted by Crippen LogP contribution is 2.31. The van der Waals surface area contributed by atoms with Crippen LogP contribution in [0.25, 0.3) is 10.3 Å². The second-order valence-electron chi connectivity index (χ2n) is 5.67. The zero-order valence-corrected chi connectivity index (χ0v) is 14.6. The summed E-state index contributed by atoms with van der Waals surface area (Å²) in [5.74, 6) is 0.985. The maximum atomic E-state index is 5.90. The number of piperazine rings is 1. The molecule has 4 rings (SSSR count).